The maximum Gasteiger partial charge on any atom is 0.306 e. The van der Waals surface area contributed by atoms with Gasteiger partial charge in [-0.05, 0) is 115 Å². The first-order valence-electron chi connectivity index (χ1n) is 19.0. The second-order valence-corrected chi connectivity index (χ2v) is 19.0. The first kappa shape index (κ1) is 40.1. The number of halogens is 1. The Hall–Kier alpha value is -1.36. The van der Waals surface area contributed by atoms with Crippen LogP contribution in [0.1, 0.15) is 165 Å². The Kier molecular flexibility index (Phi) is 13.7. The summed E-state index contributed by atoms with van der Waals surface area (Å²) in [7, 11) is 0. The van der Waals surface area contributed by atoms with Crippen LogP contribution in [0.4, 0.5) is 0 Å². The maximum absolute atomic E-state index is 13.3. The molecular weight excluding hydrogens is 608 g/mol. The van der Waals surface area contributed by atoms with Crippen molar-refractivity contribution in [2.75, 3.05) is 6.61 Å². The van der Waals surface area contributed by atoms with E-state index in [1.807, 2.05) is 13.8 Å². The van der Waals surface area contributed by atoms with Gasteiger partial charge in [0, 0.05) is 11.3 Å². The first-order valence-corrected chi connectivity index (χ1v) is 19.3. The van der Waals surface area contributed by atoms with Gasteiger partial charge in [-0.3, -0.25) is 14.4 Å². The summed E-state index contributed by atoms with van der Waals surface area (Å²) in [5.41, 5.74) is 0.152. The van der Waals surface area contributed by atoms with E-state index in [4.69, 9.17) is 21.1 Å². The third-order valence-electron chi connectivity index (χ3n) is 13.2. The predicted octanol–water partition coefficient (Wildman–Crippen LogP) is 11.3. The smallest absolute Gasteiger partial charge is 0.306 e. The SMILES string of the molecule is C=CCOC(=O)CC(C)(C)CC(=O)OC1CCC2(C)C(CCC3(C)C[C@](C)(CCCC(C(=O)Cl)C(C)CCC)CCCC32)CC1(C)C. The summed E-state index contributed by atoms with van der Waals surface area (Å²) in [6, 6.07) is 0. The molecule has 0 aromatic rings. The first-order chi connectivity index (χ1) is 21.8. The minimum absolute atomic E-state index is 0.0232. The predicted molar refractivity (Wildman–Crippen MR) is 193 cm³/mol. The zero-order valence-electron chi connectivity index (χ0n) is 31.6. The molecule has 3 aliphatic carbocycles. The molecule has 6 heteroatoms. The molecule has 47 heavy (non-hydrogen) atoms. The van der Waals surface area contributed by atoms with Crippen LogP contribution in [0.5, 0.6) is 0 Å². The topological polar surface area (TPSA) is 69.7 Å². The van der Waals surface area contributed by atoms with E-state index in [9.17, 15) is 14.4 Å². The average Bonchev–Trinajstić information content (AvgIpc) is 3.14. The maximum atomic E-state index is 13.3. The molecule has 0 N–H and O–H groups in total. The van der Waals surface area contributed by atoms with Gasteiger partial charge in [0.05, 0.1) is 12.8 Å². The van der Waals surface area contributed by atoms with Crippen LogP contribution in [0.3, 0.4) is 0 Å². The van der Waals surface area contributed by atoms with Gasteiger partial charge in [-0.2, -0.15) is 0 Å². The molecule has 270 valence electrons. The minimum atomic E-state index is -0.535. The van der Waals surface area contributed by atoms with E-state index in [-0.39, 0.29) is 64.9 Å². The molecule has 0 spiro atoms. The van der Waals surface area contributed by atoms with E-state index >= 15 is 0 Å². The third-order valence-corrected chi connectivity index (χ3v) is 13.5. The quantitative estimate of drug-likeness (QED) is 0.0980. The van der Waals surface area contributed by atoms with Gasteiger partial charge < -0.3 is 9.47 Å². The summed E-state index contributed by atoms with van der Waals surface area (Å²) in [6.07, 6.45) is 17.7. The lowest BCUT2D eigenvalue weighted by Gasteiger charge is -2.57. The van der Waals surface area contributed by atoms with Gasteiger partial charge in [-0.1, -0.05) is 101 Å². The van der Waals surface area contributed by atoms with Crippen molar-refractivity contribution in [1.29, 1.82) is 0 Å². The lowest BCUT2D eigenvalue weighted by molar-refractivity contribution is -0.159. The lowest BCUT2D eigenvalue weighted by atomic mass is 9.47. The van der Waals surface area contributed by atoms with Crippen molar-refractivity contribution >= 4 is 28.8 Å². The van der Waals surface area contributed by atoms with Crippen molar-refractivity contribution in [3.63, 3.8) is 0 Å². The van der Waals surface area contributed by atoms with Gasteiger partial charge in [0.25, 0.3) is 0 Å². The van der Waals surface area contributed by atoms with Crippen molar-refractivity contribution in [1.82, 2.24) is 0 Å². The van der Waals surface area contributed by atoms with Gasteiger partial charge in [-0.25, -0.2) is 0 Å². The monoisotopic (exact) mass is 676 g/mol. The van der Waals surface area contributed by atoms with Crippen LogP contribution in [-0.4, -0.2) is 29.9 Å². The number of carbonyl (C=O) groups is 3. The van der Waals surface area contributed by atoms with Gasteiger partial charge in [0.1, 0.15) is 12.7 Å². The molecule has 0 bridgehead atoms. The van der Waals surface area contributed by atoms with Crippen molar-refractivity contribution in [2.24, 2.45) is 50.7 Å². The van der Waals surface area contributed by atoms with Crippen LogP contribution in [0.15, 0.2) is 12.7 Å². The minimum Gasteiger partial charge on any atom is -0.462 e. The molecule has 0 aromatic heterocycles. The van der Waals surface area contributed by atoms with Crippen molar-refractivity contribution in [3.8, 4) is 0 Å². The van der Waals surface area contributed by atoms with E-state index in [1.165, 1.54) is 44.9 Å². The summed E-state index contributed by atoms with van der Waals surface area (Å²) in [5, 5.41) is -0.150. The number of esters is 2. The zero-order chi connectivity index (χ0) is 35.3. The van der Waals surface area contributed by atoms with Crippen molar-refractivity contribution < 1.29 is 23.9 Å². The fraction of sp³-hybridized carbons (Fsp3) is 0.878. The van der Waals surface area contributed by atoms with E-state index in [0.29, 0.717) is 23.2 Å². The van der Waals surface area contributed by atoms with Gasteiger partial charge in [-0.15, -0.1) is 0 Å². The Balaban J connectivity index is 1.69. The molecule has 8 atom stereocenters. The van der Waals surface area contributed by atoms with Gasteiger partial charge in [0.15, 0.2) is 0 Å². The fourth-order valence-electron chi connectivity index (χ4n) is 10.8. The van der Waals surface area contributed by atoms with Crippen LogP contribution in [0.2, 0.25) is 0 Å². The number of rotatable bonds is 15. The van der Waals surface area contributed by atoms with Crippen LogP contribution in [0, 0.1) is 50.7 Å². The van der Waals surface area contributed by atoms with E-state index in [2.05, 4.69) is 55.0 Å². The third kappa shape index (κ3) is 10.3. The number of hydrogen-bond donors (Lipinski definition) is 0. The van der Waals surface area contributed by atoms with Crippen LogP contribution in [0.25, 0.3) is 0 Å². The molecular formula is C41H69ClO5. The standard InChI is InChI=1S/C41H69ClO5/c1-11-15-29(3)31(36(42)45)16-13-20-39(8)21-14-17-32-40(9,28-39)22-18-30-25-38(6,7)33(19-23-41(30,32)10)47-35(44)27-37(4,5)26-34(43)46-24-12-2/h12,29-33H,2,11,13-28H2,1,3-10H3/t29?,30?,31?,32?,33?,39-,40?,41?/m1/s1. The van der Waals surface area contributed by atoms with Crippen LogP contribution < -0.4 is 0 Å². The Morgan fingerprint density at radius 1 is 0.979 bits per heavy atom. The zero-order valence-corrected chi connectivity index (χ0v) is 32.4. The number of ether oxygens (including phenoxy) is 2. The molecule has 0 saturated heterocycles. The van der Waals surface area contributed by atoms with Crippen LogP contribution in [-0.2, 0) is 23.9 Å². The Bertz CT molecular complexity index is 1100. The largest absolute Gasteiger partial charge is 0.462 e. The Morgan fingerprint density at radius 3 is 2.30 bits per heavy atom. The molecule has 3 rings (SSSR count). The van der Waals surface area contributed by atoms with E-state index in [0.717, 1.165) is 44.9 Å². The molecule has 0 aliphatic heterocycles. The second-order valence-electron chi connectivity index (χ2n) is 18.6. The molecule has 0 amide bonds. The number of carbonyl (C=O) groups excluding carboxylic acids is 3. The summed E-state index contributed by atoms with van der Waals surface area (Å²) in [5.74, 6) is 1.08. The van der Waals surface area contributed by atoms with E-state index < -0.39 is 5.41 Å². The van der Waals surface area contributed by atoms with Gasteiger partial charge in [0.2, 0.25) is 5.24 Å². The summed E-state index contributed by atoms with van der Waals surface area (Å²) in [4.78, 5) is 37.9. The van der Waals surface area contributed by atoms with Crippen molar-refractivity contribution in [3.05, 3.63) is 12.7 Å². The summed E-state index contributed by atoms with van der Waals surface area (Å²) < 4.78 is 11.5. The van der Waals surface area contributed by atoms with Crippen LogP contribution >= 0.6 is 11.6 Å². The van der Waals surface area contributed by atoms with E-state index in [1.54, 1.807) is 6.08 Å². The lowest BCUT2D eigenvalue weighted by Crippen LogP contribution is -2.49. The highest BCUT2D eigenvalue weighted by molar-refractivity contribution is 6.64. The highest BCUT2D eigenvalue weighted by Crippen LogP contribution is 2.66. The highest BCUT2D eigenvalue weighted by Gasteiger charge is 2.58. The average molecular weight is 677 g/mol. The number of fused-ring (bicyclic) bond motifs is 3. The van der Waals surface area contributed by atoms with Gasteiger partial charge >= 0.3 is 11.9 Å². The molecule has 5 nitrogen and oxygen atoms in total. The Labute approximate surface area is 293 Å². The second kappa shape index (κ2) is 16.1. The number of hydrogen-bond acceptors (Lipinski definition) is 5. The normalized spacial score (nSPS) is 33.6. The summed E-state index contributed by atoms with van der Waals surface area (Å²) >= 11 is 6.10. The molecule has 0 radical (unpaired) electrons. The highest BCUT2D eigenvalue weighted by atomic mass is 35.5. The molecule has 3 fully saturated rings. The summed E-state index contributed by atoms with van der Waals surface area (Å²) in [6.45, 7) is 24.3. The molecule has 3 aliphatic rings. The van der Waals surface area contributed by atoms with Crippen molar-refractivity contribution in [2.45, 2.75) is 171 Å². The molecule has 3 saturated carbocycles. The fourth-order valence-corrected chi connectivity index (χ4v) is 11.1. The molecule has 0 heterocycles. The Morgan fingerprint density at radius 2 is 1.66 bits per heavy atom. The molecule has 7 unspecified atom stereocenters. The molecule has 0 aromatic carbocycles.